The number of methoxy groups -OCH3 is 1. The summed E-state index contributed by atoms with van der Waals surface area (Å²) in [6, 6.07) is 18.9. The zero-order valence-electron chi connectivity index (χ0n) is 16.4. The average Bonchev–Trinajstić information content (AvgIpc) is 3.17. The van der Waals surface area contributed by atoms with Gasteiger partial charge in [-0.15, -0.1) is 0 Å². The van der Waals surface area contributed by atoms with Crippen molar-refractivity contribution in [3.05, 3.63) is 71.8 Å². The molecule has 29 heavy (non-hydrogen) atoms. The third-order valence-electron chi connectivity index (χ3n) is 5.45. The summed E-state index contributed by atoms with van der Waals surface area (Å²) >= 11 is 0. The van der Waals surface area contributed by atoms with E-state index >= 15 is 0 Å². The molecule has 0 amide bonds. The number of halogens is 3. The van der Waals surface area contributed by atoms with E-state index in [0.29, 0.717) is 26.1 Å². The number of hydrazone groups is 1. The molecule has 3 rings (SSSR count). The molecular formula is C22H25F3N2O2. The molecule has 1 aliphatic rings. The van der Waals surface area contributed by atoms with E-state index in [9.17, 15) is 18.3 Å². The molecule has 2 atom stereocenters. The largest absolute Gasteiger partial charge is 0.422 e. The van der Waals surface area contributed by atoms with Crippen molar-refractivity contribution in [1.82, 2.24) is 5.01 Å². The highest BCUT2D eigenvalue weighted by molar-refractivity contribution is 5.68. The van der Waals surface area contributed by atoms with Gasteiger partial charge in [-0.1, -0.05) is 60.7 Å². The molecule has 0 bridgehead atoms. The van der Waals surface area contributed by atoms with Crippen LogP contribution < -0.4 is 0 Å². The van der Waals surface area contributed by atoms with E-state index in [2.05, 4.69) is 5.10 Å². The van der Waals surface area contributed by atoms with Gasteiger partial charge in [-0.05, 0) is 30.9 Å². The lowest BCUT2D eigenvalue weighted by Gasteiger charge is -2.42. The molecule has 0 spiro atoms. The molecule has 0 saturated carbocycles. The van der Waals surface area contributed by atoms with Crippen molar-refractivity contribution >= 4 is 6.21 Å². The Morgan fingerprint density at radius 3 is 2.00 bits per heavy atom. The quantitative estimate of drug-likeness (QED) is 0.726. The van der Waals surface area contributed by atoms with Crippen molar-refractivity contribution < 1.29 is 23.0 Å². The summed E-state index contributed by atoms with van der Waals surface area (Å²) in [7, 11) is 1.60. The smallest absolute Gasteiger partial charge is 0.376 e. The van der Waals surface area contributed by atoms with Crippen LogP contribution in [0.4, 0.5) is 13.2 Å². The second-order valence-electron chi connectivity index (χ2n) is 7.38. The van der Waals surface area contributed by atoms with Crippen LogP contribution in [0.15, 0.2) is 65.8 Å². The summed E-state index contributed by atoms with van der Waals surface area (Å²) < 4.78 is 45.3. The van der Waals surface area contributed by atoms with E-state index in [0.717, 1.165) is 17.5 Å². The Morgan fingerprint density at radius 1 is 1.03 bits per heavy atom. The van der Waals surface area contributed by atoms with Crippen LogP contribution in [0.5, 0.6) is 0 Å². The minimum atomic E-state index is -4.80. The maximum atomic E-state index is 13.1. The Morgan fingerprint density at radius 2 is 1.55 bits per heavy atom. The van der Waals surface area contributed by atoms with E-state index < -0.39 is 17.4 Å². The van der Waals surface area contributed by atoms with E-state index in [1.165, 1.54) is 0 Å². The van der Waals surface area contributed by atoms with E-state index in [4.69, 9.17) is 4.74 Å². The van der Waals surface area contributed by atoms with Gasteiger partial charge in [-0.25, -0.2) is 0 Å². The van der Waals surface area contributed by atoms with E-state index in [1.54, 1.807) is 12.1 Å². The fraction of sp³-hybridized carbons (Fsp3) is 0.409. The number of ether oxygens (including phenoxy) is 1. The van der Waals surface area contributed by atoms with Gasteiger partial charge in [-0.2, -0.15) is 18.3 Å². The molecule has 1 N–H and O–H groups in total. The molecular weight excluding hydrogens is 381 g/mol. The average molecular weight is 406 g/mol. The third kappa shape index (κ3) is 4.02. The van der Waals surface area contributed by atoms with E-state index in [-0.39, 0.29) is 6.04 Å². The molecule has 1 aliphatic heterocycles. The summed E-state index contributed by atoms with van der Waals surface area (Å²) in [4.78, 5) is 0. The SMILES string of the molecule is COC(c1ccccc1)(c1ccccc1)[C@@H]1CCCN1/N=C/[C@@](C)(O)C(F)(F)F. The number of aliphatic hydroxyl groups is 1. The molecule has 2 aromatic carbocycles. The maximum Gasteiger partial charge on any atom is 0.422 e. The predicted octanol–water partition coefficient (Wildman–Crippen LogP) is 4.34. The maximum absolute atomic E-state index is 13.1. The number of rotatable bonds is 6. The van der Waals surface area contributed by atoms with Crippen LogP contribution >= 0.6 is 0 Å². The number of hydrogen-bond acceptors (Lipinski definition) is 4. The predicted molar refractivity (Wildman–Crippen MR) is 106 cm³/mol. The van der Waals surface area contributed by atoms with Gasteiger partial charge in [0.05, 0.1) is 12.3 Å². The van der Waals surface area contributed by atoms with Crippen LogP contribution in [-0.2, 0) is 10.3 Å². The minimum absolute atomic E-state index is 0.336. The third-order valence-corrected chi connectivity index (χ3v) is 5.45. The molecule has 0 radical (unpaired) electrons. The Kier molecular flexibility index (Phi) is 6.00. The normalized spacial score (nSPS) is 20.2. The lowest BCUT2D eigenvalue weighted by atomic mass is 9.79. The van der Waals surface area contributed by atoms with Crippen molar-refractivity contribution in [2.24, 2.45) is 5.10 Å². The highest BCUT2D eigenvalue weighted by atomic mass is 19.4. The number of benzene rings is 2. The van der Waals surface area contributed by atoms with Crippen LogP contribution in [0.3, 0.4) is 0 Å². The standard InChI is InChI=1S/C22H25F3N2O2/c1-20(28,22(23,24)25)16-26-27-15-9-14-19(27)21(29-2,17-10-5-3-6-11-17)18-12-7-4-8-13-18/h3-8,10-13,16,19,28H,9,14-15H2,1-2H3/b26-16+/t19-,20+/m0/s1. The lowest BCUT2D eigenvalue weighted by molar-refractivity contribution is -0.222. The van der Waals surface area contributed by atoms with Gasteiger partial charge >= 0.3 is 6.18 Å². The number of alkyl halides is 3. The highest BCUT2D eigenvalue weighted by Gasteiger charge is 2.50. The Labute approximate surface area is 168 Å². The molecule has 1 fully saturated rings. The summed E-state index contributed by atoms with van der Waals surface area (Å²) in [5.41, 5.74) is -2.14. The van der Waals surface area contributed by atoms with Crippen LogP contribution in [-0.4, -0.2) is 47.8 Å². The molecule has 1 heterocycles. The zero-order valence-corrected chi connectivity index (χ0v) is 16.4. The molecule has 1 saturated heterocycles. The first-order valence-corrected chi connectivity index (χ1v) is 9.49. The molecule has 2 aromatic rings. The Hall–Kier alpha value is -2.38. The second-order valence-corrected chi connectivity index (χ2v) is 7.38. The van der Waals surface area contributed by atoms with Gasteiger partial charge in [0, 0.05) is 13.7 Å². The fourth-order valence-corrected chi connectivity index (χ4v) is 3.86. The molecule has 156 valence electrons. The lowest BCUT2D eigenvalue weighted by Crippen LogP contribution is -2.49. The van der Waals surface area contributed by atoms with Crippen molar-refractivity contribution in [1.29, 1.82) is 0 Å². The minimum Gasteiger partial charge on any atom is -0.376 e. The van der Waals surface area contributed by atoms with Gasteiger partial charge in [-0.3, -0.25) is 5.01 Å². The van der Waals surface area contributed by atoms with Crippen LogP contribution in [0.2, 0.25) is 0 Å². The fourth-order valence-electron chi connectivity index (χ4n) is 3.86. The molecule has 0 aliphatic carbocycles. The molecule has 0 unspecified atom stereocenters. The van der Waals surface area contributed by atoms with Crippen molar-refractivity contribution in [3.8, 4) is 0 Å². The monoisotopic (exact) mass is 406 g/mol. The van der Waals surface area contributed by atoms with Crippen LogP contribution in [0.25, 0.3) is 0 Å². The topological polar surface area (TPSA) is 45.1 Å². The number of nitrogens with zero attached hydrogens (tertiary/aromatic N) is 2. The van der Waals surface area contributed by atoms with Gasteiger partial charge < -0.3 is 9.84 Å². The summed E-state index contributed by atoms with van der Waals surface area (Å²) in [5, 5.41) is 15.4. The first-order valence-electron chi connectivity index (χ1n) is 9.49. The summed E-state index contributed by atoms with van der Waals surface area (Å²) in [5.74, 6) is 0. The van der Waals surface area contributed by atoms with Crippen molar-refractivity contribution in [2.45, 2.75) is 43.2 Å². The first kappa shape index (κ1) is 21.3. The summed E-state index contributed by atoms with van der Waals surface area (Å²) in [6.45, 7) is 1.17. The van der Waals surface area contributed by atoms with Gasteiger partial charge in [0.2, 0.25) is 0 Å². The van der Waals surface area contributed by atoms with Crippen LogP contribution in [0.1, 0.15) is 30.9 Å². The number of hydrogen-bond donors (Lipinski definition) is 1. The highest BCUT2D eigenvalue weighted by Crippen LogP contribution is 2.43. The van der Waals surface area contributed by atoms with Crippen molar-refractivity contribution in [2.75, 3.05) is 13.7 Å². The van der Waals surface area contributed by atoms with E-state index in [1.807, 2.05) is 60.7 Å². The second kappa shape index (κ2) is 8.16. The molecule has 7 heteroatoms. The Bertz CT molecular complexity index is 783. The Balaban J connectivity index is 2.06. The molecule has 4 nitrogen and oxygen atoms in total. The first-order chi connectivity index (χ1) is 13.7. The summed E-state index contributed by atoms with van der Waals surface area (Å²) in [6.07, 6.45) is -2.80. The van der Waals surface area contributed by atoms with Crippen LogP contribution in [0, 0.1) is 0 Å². The van der Waals surface area contributed by atoms with Crippen molar-refractivity contribution in [3.63, 3.8) is 0 Å². The zero-order chi connectivity index (χ0) is 21.1. The van der Waals surface area contributed by atoms with Gasteiger partial charge in [0.1, 0.15) is 5.60 Å². The van der Waals surface area contributed by atoms with Gasteiger partial charge in [0.15, 0.2) is 5.60 Å². The van der Waals surface area contributed by atoms with Gasteiger partial charge in [0.25, 0.3) is 0 Å². The molecule has 0 aromatic heterocycles.